The van der Waals surface area contributed by atoms with Gasteiger partial charge in [-0.1, -0.05) is 41.4 Å². The van der Waals surface area contributed by atoms with E-state index in [1.54, 1.807) is 4.68 Å². The van der Waals surface area contributed by atoms with Gasteiger partial charge in [0, 0.05) is 22.6 Å². The van der Waals surface area contributed by atoms with Crippen molar-refractivity contribution >= 4 is 21.7 Å². The Morgan fingerprint density at radius 3 is 2.72 bits per heavy atom. The highest BCUT2D eigenvalue weighted by Crippen LogP contribution is 2.33. The van der Waals surface area contributed by atoms with Crippen molar-refractivity contribution in [2.24, 2.45) is 7.05 Å². The van der Waals surface area contributed by atoms with Gasteiger partial charge in [0.1, 0.15) is 5.82 Å². The van der Waals surface area contributed by atoms with Crippen LogP contribution in [0, 0.1) is 6.92 Å². The van der Waals surface area contributed by atoms with E-state index in [2.05, 4.69) is 53.1 Å². The third-order valence-electron chi connectivity index (χ3n) is 3.07. The summed E-state index contributed by atoms with van der Waals surface area (Å²) in [6.45, 7) is 4.23. The first-order valence-corrected chi connectivity index (χ1v) is 6.91. The second-order valence-corrected chi connectivity index (χ2v) is 5.42. The van der Waals surface area contributed by atoms with Gasteiger partial charge in [0.25, 0.3) is 0 Å². The monoisotopic (exact) mass is 307 g/mol. The summed E-state index contributed by atoms with van der Waals surface area (Å²) in [7, 11) is 1.89. The van der Waals surface area contributed by atoms with Crippen LogP contribution in [-0.2, 0) is 13.5 Å². The molecule has 4 heteroatoms. The van der Waals surface area contributed by atoms with Gasteiger partial charge in [0.15, 0.2) is 0 Å². The van der Waals surface area contributed by atoms with E-state index in [9.17, 15) is 0 Å². The number of halogens is 1. The summed E-state index contributed by atoms with van der Waals surface area (Å²) < 4.78 is 2.82. The molecule has 0 unspecified atom stereocenters. The fraction of sp³-hybridized carbons (Fsp3) is 0.357. The Bertz CT molecular complexity index is 573. The predicted molar refractivity (Wildman–Crippen MR) is 79.5 cm³/mol. The molecule has 0 amide bonds. The summed E-state index contributed by atoms with van der Waals surface area (Å²) in [5.41, 5.74) is 10.6. The standard InChI is InChI=1S/C14H18BrN3/c1-4-5-11-13(17-18(3)14(11)16)10-7-6-9(2)8-12(10)15/h6-8H,4-5,16H2,1-3H3. The van der Waals surface area contributed by atoms with Crippen molar-refractivity contribution in [2.75, 3.05) is 5.73 Å². The minimum atomic E-state index is 0.763. The van der Waals surface area contributed by atoms with Crippen LogP contribution in [0.2, 0.25) is 0 Å². The summed E-state index contributed by atoms with van der Waals surface area (Å²) in [5.74, 6) is 0.763. The Hall–Kier alpha value is -1.29. The van der Waals surface area contributed by atoms with Crippen LogP contribution < -0.4 is 5.73 Å². The smallest absolute Gasteiger partial charge is 0.125 e. The van der Waals surface area contributed by atoms with Gasteiger partial charge in [-0.15, -0.1) is 0 Å². The number of nitrogen functional groups attached to an aromatic ring is 1. The van der Waals surface area contributed by atoms with Crippen molar-refractivity contribution in [1.29, 1.82) is 0 Å². The molecule has 0 atom stereocenters. The van der Waals surface area contributed by atoms with Gasteiger partial charge in [-0.2, -0.15) is 5.10 Å². The second kappa shape index (κ2) is 5.14. The first-order chi connectivity index (χ1) is 8.54. The fourth-order valence-electron chi connectivity index (χ4n) is 2.11. The third-order valence-corrected chi connectivity index (χ3v) is 3.73. The van der Waals surface area contributed by atoms with Gasteiger partial charge in [-0.05, 0) is 25.0 Å². The van der Waals surface area contributed by atoms with Crippen LogP contribution >= 0.6 is 15.9 Å². The minimum Gasteiger partial charge on any atom is -0.384 e. The Balaban J connectivity index is 2.59. The Morgan fingerprint density at radius 1 is 1.39 bits per heavy atom. The number of rotatable bonds is 3. The van der Waals surface area contributed by atoms with Crippen molar-refractivity contribution in [3.8, 4) is 11.3 Å². The Kier molecular flexibility index (Phi) is 3.76. The number of hydrogen-bond acceptors (Lipinski definition) is 2. The number of nitrogens with zero attached hydrogens (tertiary/aromatic N) is 2. The molecule has 1 aromatic heterocycles. The first kappa shape index (κ1) is 13.1. The number of aryl methyl sites for hydroxylation is 2. The van der Waals surface area contributed by atoms with E-state index in [1.165, 1.54) is 5.56 Å². The van der Waals surface area contributed by atoms with Crippen LogP contribution in [0.4, 0.5) is 5.82 Å². The minimum absolute atomic E-state index is 0.763. The van der Waals surface area contributed by atoms with Crippen molar-refractivity contribution in [2.45, 2.75) is 26.7 Å². The van der Waals surface area contributed by atoms with Gasteiger partial charge in [0.05, 0.1) is 5.69 Å². The molecule has 96 valence electrons. The lowest BCUT2D eigenvalue weighted by molar-refractivity contribution is 0.781. The van der Waals surface area contributed by atoms with Crippen LogP contribution in [0.15, 0.2) is 22.7 Å². The van der Waals surface area contributed by atoms with Gasteiger partial charge in [0.2, 0.25) is 0 Å². The molecule has 1 aromatic carbocycles. The van der Waals surface area contributed by atoms with Crippen LogP contribution in [0.5, 0.6) is 0 Å². The SMILES string of the molecule is CCCc1c(-c2ccc(C)cc2Br)nn(C)c1N. The molecule has 3 nitrogen and oxygen atoms in total. The topological polar surface area (TPSA) is 43.8 Å². The quantitative estimate of drug-likeness (QED) is 0.939. The van der Waals surface area contributed by atoms with Gasteiger partial charge in [-0.25, -0.2) is 0 Å². The highest BCUT2D eigenvalue weighted by Gasteiger charge is 2.16. The zero-order valence-corrected chi connectivity index (χ0v) is 12.6. The third kappa shape index (κ3) is 2.29. The van der Waals surface area contributed by atoms with Crippen molar-refractivity contribution in [1.82, 2.24) is 9.78 Å². The maximum atomic E-state index is 6.09. The zero-order chi connectivity index (χ0) is 13.3. The van der Waals surface area contributed by atoms with E-state index in [4.69, 9.17) is 5.73 Å². The maximum Gasteiger partial charge on any atom is 0.125 e. The summed E-state index contributed by atoms with van der Waals surface area (Å²) in [6, 6.07) is 6.30. The zero-order valence-electron chi connectivity index (χ0n) is 11.0. The van der Waals surface area contributed by atoms with E-state index in [0.29, 0.717) is 0 Å². The Morgan fingerprint density at radius 2 is 2.11 bits per heavy atom. The van der Waals surface area contributed by atoms with Crippen LogP contribution in [-0.4, -0.2) is 9.78 Å². The van der Waals surface area contributed by atoms with Crippen molar-refractivity contribution < 1.29 is 0 Å². The van der Waals surface area contributed by atoms with Crippen LogP contribution in [0.25, 0.3) is 11.3 Å². The predicted octanol–water partition coefficient (Wildman–Crippen LogP) is 3.69. The largest absolute Gasteiger partial charge is 0.384 e. The average molecular weight is 308 g/mol. The lowest BCUT2D eigenvalue weighted by Gasteiger charge is -2.05. The van der Waals surface area contributed by atoms with E-state index >= 15 is 0 Å². The van der Waals surface area contributed by atoms with Gasteiger partial charge in [-0.3, -0.25) is 4.68 Å². The molecule has 0 radical (unpaired) electrons. The molecule has 2 N–H and O–H groups in total. The maximum absolute atomic E-state index is 6.09. The number of hydrogen-bond donors (Lipinski definition) is 1. The molecule has 0 aliphatic heterocycles. The summed E-state index contributed by atoms with van der Waals surface area (Å²) in [4.78, 5) is 0. The molecule has 0 spiro atoms. The molecule has 0 saturated carbocycles. The molecular formula is C14H18BrN3. The molecule has 0 aliphatic rings. The summed E-state index contributed by atoms with van der Waals surface area (Å²) in [5, 5.41) is 4.55. The highest BCUT2D eigenvalue weighted by atomic mass is 79.9. The highest BCUT2D eigenvalue weighted by molar-refractivity contribution is 9.10. The van der Waals surface area contributed by atoms with Crippen LogP contribution in [0.3, 0.4) is 0 Å². The fourth-order valence-corrected chi connectivity index (χ4v) is 2.79. The molecular weight excluding hydrogens is 290 g/mol. The average Bonchev–Trinajstić information content (AvgIpc) is 2.58. The van der Waals surface area contributed by atoms with E-state index in [0.717, 1.165) is 40.0 Å². The first-order valence-electron chi connectivity index (χ1n) is 6.12. The lowest BCUT2D eigenvalue weighted by atomic mass is 10.0. The molecule has 0 aliphatic carbocycles. The van der Waals surface area contributed by atoms with Crippen molar-refractivity contribution in [3.05, 3.63) is 33.8 Å². The van der Waals surface area contributed by atoms with Gasteiger partial charge < -0.3 is 5.73 Å². The molecule has 0 saturated heterocycles. The summed E-state index contributed by atoms with van der Waals surface area (Å²) in [6.07, 6.45) is 2.02. The number of aromatic nitrogens is 2. The van der Waals surface area contributed by atoms with Gasteiger partial charge >= 0.3 is 0 Å². The molecule has 0 fully saturated rings. The molecule has 0 bridgehead atoms. The number of benzene rings is 1. The summed E-state index contributed by atoms with van der Waals surface area (Å²) >= 11 is 3.61. The lowest BCUT2D eigenvalue weighted by Crippen LogP contribution is -1.99. The number of anilines is 1. The van der Waals surface area contributed by atoms with Crippen LogP contribution in [0.1, 0.15) is 24.5 Å². The van der Waals surface area contributed by atoms with E-state index in [1.807, 2.05) is 7.05 Å². The second-order valence-electron chi connectivity index (χ2n) is 4.57. The van der Waals surface area contributed by atoms with Crippen molar-refractivity contribution in [3.63, 3.8) is 0 Å². The number of nitrogens with two attached hydrogens (primary N) is 1. The molecule has 2 aromatic rings. The van der Waals surface area contributed by atoms with E-state index < -0.39 is 0 Å². The normalized spacial score (nSPS) is 10.9. The Labute approximate surface area is 116 Å². The van der Waals surface area contributed by atoms with E-state index in [-0.39, 0.29) is 0 Å². The molecule has 18 heavy (non-hydrogen) atoms. The molecule has 2 rings (SSSR count). The molecule has 1 heterocycles.